The third kappa shape index (κ3) is 5.50. The minimum absolute atomic E-state index is 0.0887. The quantitative estimate of drug-likeness (QED) is 0.475. The Morgan fingerprint density at radius 1 is 1.29 bits per heavy atom. The van der Waals surface area contributed by atoms with Crippen molar-refractivity contribution in [3.05, 3.63) is 70.0 Å². The third-order valence-electron chi connectivity index (χ3n) is 6.46. The number of carbonyl (C=O) groups is 1. The molecule has 10 heteroatoms. The van der Waals surface area contributed by atoms with Crippen LogP contribution in [0, 0.1) is 0 Å². The van der Waals surface area contributed by atoms with E-state index in [1.807, 2.05) is 42.6 Å². The average molecular weight is 541 g/mol. The number of aromatic nitrogens is 3. The van der Waals surface area contributed by atoms with Crippen LogP contribution in [-0.2, 0) is 17.9 Å². The van der Waals surface area contributed by atoms with E-state index in [-0.39, 0.29) is 24.5 Å². The molecule has 0 aliphatic carbocycles. The van der Waals surface area contributed by atoms with Crippen LogP contribution in [0.25, 0.3) is 0 Å². The summed E-state index contributed by atoms with van der Waals surface area (Å²) in [6.07, 6.45) is 2.58. The van der Waals surface area contributed by atoms with Crippen molar-refractivity contribution in [2.24, 2.45) is 0 Å². The van der Waals surface area contributed by atoms with Gasteiger partial charge in [-0.25, -0.2) is 4.68 Å². The molecule has 2 atom stereocenters. The monoisotopic (exact) mass is 540 g/mol. The second kappa shape index (κ2) is 10.8. The first-order valence-corrected chi connectivity index (χ1v) is 12.6. The number of para-hydroxylation sites is 1. The van der Waals surface area contributed by atoms with Gasteiger partial charge in [0.05, 0.1) is 37.7 Å². The maximum atomic E-state index is 12.8. The predicted octanol–water partition coefficient (Wildman–Crippen LogP) is 2.84. The highest BCUT2D eigenvalue weighted by Gasteiger charge is 2.27. The molecule has 184 valence electrons. The van der Waals surface area contributed by atoms with E-state index in [9.17, 15) is 4.79 Å². The fourth-order valence-electron chi connectivity index (χ4n) is 4.78. The molecule has 2 N–H and O–H groups in total. The molecular formula is C25H29BrN6O3. The first-order valence-electron chi connectivity index (χ1n) is 11.8. The van der Waals surface area contributed by atoms with Crippen LogP contribution in [0.4, 0.5) is 0 Å². The van der Waals surface area contributed by atoms with Gasteiger partial charge in [0.1, 0.15) is 18.0 Å². The highest BCUT2D eigenvalue weighted by Crippen LogP contribution is 2.34. The Morgan fingerprint density at radius 3 is 3.06 bits per heavy atom. The molecule has 2 unspecified atom stereocenters. The van der Waals surface area contributed by atoms with Crippen molar-refractivity contribution in [2.45, 2.75) is 31.6 Å². The van der Waals surface area contributed by atoms with E-state index in [0.717, 1.165) is 58.8 Å². The fourth-order valence-corrected chi connectivity index (χ4v) is 5.16. The minimum atomic E-state index is -0.103. The lowest BCUT2D eigenvalue weighted by molar-refractivity contribution is -0.122. The van der Waals surface area contributed by atoms with Gasteiger partial charge in [0.25, 0.3) is 0 Å². The van der Waals surface area contributed by atoms with Crippen LogP contribution in [0.15, 0.2) is 53.1 Å². The highest BCUT2D eigenvalue weighted by atomic mass is 79.9. The molecule has 0 saturated carbocycles. The molecule has 1 amide bonds. The number of halogens is 1. The molecule has 5 rings (SSSR count). The third-order valence-corrected chi connectivity index (χ3v) is 6.95. The van der Waals surface area contributed by atoms with Gasteiger partial charge in [0.2, 0.25) is 5.91 Å². The molecule has 2 aliphatic heterocycles. The van der Waals surface area contributed by atoms with E-state index in [1.54, 1.807) is 11.8 Å². The van der Waals surface area contributed by atoms with Crippen LogP contribution >= 0.6 is 15.9 Å². The number of rotatable bonds is 7. The molecule has 2 aromatic carbocycles. The maximum absolute atomic E-state index is 12.8. The number of ether oxygens (including phenoxy) is 2. The van der Waals surface area contributed by atoms with Crippen molar-refractivity contribution in [2.75, 3.05) is 33.4 Å². The van der Waals surface area contributed by atoms with Crippen LogP contribution in [0.1, 0.15) is 35.3 Å². The predicted molar refractivity (Wildman–Crippen MR) is 134 cm³/mol. The lowest BCUT2D eigenvalue weighted by Gasteiger charge is -2.36. The summed E-state index contributed by atoms with van der Waals surface area (Å²) >= 11 is 3.50. The number of carbonyl (C=O) groups excluding carboxylic acids is 1. The Labute approximate surface area is 212 Å². The Hall–Kier alpha value is -2.95. The zero-order chi connectivity index (χ0) is 24.2. The minimum Gasteiger partial charge on any atom is -0.496 e. The van der Waals surface area contributed by atoms with Gasteiger partial charge >= 0.3 is 0 Å². The zero-order valence-corrected chi connectivity index (χ0v) is 21.2. The molecule has 35 heavy (non-hydrogen) atoms. The first kappa shape index (κ1) is 23.8. The maximum Gasteiger partial charge on any atom is 0.242 e. The second-order valence-corrected chi connectivity index (χ2v) is 9.69. The molecule has 3 aromatic rings. The summed E-state index contributed by atoms with van der Waals surface area (Å²) in [5.74, 6) is 1.59. The van der Waals surface area contributed by atoms with Crippen molar-refractivity contribution in [3.8, 4) is 11.5 Å². The molecule has 3 heterocycles. The van der Waals surface area contributed by atoms with Crippen LogP contribution in [0.2, 0.25) is 0 Å². The second-order valence-electron chi connectivity index (χ2n) is 8.78. The summed E-state index contributed by atoms with van der Waals surface area (Å²) in [7, 11) is 1.70. The molecule has 1 saturated heterocycles. The summed E-state index contributed by atoms with van der Waals surface area (Å²) in [5.41, 5.74) is 2.97. The number of hydrogen-bond donors (Lipinski definition) is 2. The molecule has 1 fully saturated rings. The Balaban J connectivity index is 1.22. The average Bonchev–Trinajstić information content (AvgIpc) is 3.31. The summed E-state index contributed by atoms with van der Waals surface area (Å²) in [4.78, 5) is 15.2. The van der Waals surface area contributed by atoms with Gasteiger partial charge in [-0.3, -0.25) is 9.69 Å². The van der Waals surface area contributed by atoms with Crippen molar-refractivity contribution in [3.63, 3.8) is 0 Å². The lowest BCUT2D eigenvalue weighted by atomic mass is 10.0. The van der Waals surface area contributed by atoms with E-state index < -0.39 is 0 Å². The SMILES string of the molecule is COc1ccccc1C1CNCCN1Cc1cn(CC(=O)NC2CCOc3ccc(Br)cc32)nn1. The molecule has 2 aliphatic rings. The number of nitrogens with one attached hydrogen (secondary N) is 2. The van der Waals surface area contributed by atoms with Crippen molar-refractivity contribution >= 4 is 21.8 Å². The van der Waals surface area contributed by atoms with E-state index in [1.165, 1.54) is 0 Å². The molecule has 9 nitrogen and oxygen atoms in total. The number of amides is 1. The first-order chi connectivity index (χ1) is 17.1. The summed E-state index contributed by atoms with van der Waals surface area (Å²) in [5, 5.41) is 15.2. The number of fused-ring (bicyclic) bond motifs is 1. The van der Waals surface area contributed by atoms with Gasteiger partial charge in [-0.05, 0) is 24.3 Å². The fraction of sp³-hybridized carbons (Fsp3) is 0.400. The van der Waals surface area contributed by atoms with Gasteiger partial charge in [-0.1, -0.05) is 39.3 Å². The van der Waals surface area contributed by atoms with Crippen molar-refractivity contribution in [1.82, 2.24) is 30.5 Å². The highest BCUT2D eigenvalue weighted by molar-refractivity contribution is 9.10. The van der Waals surface area contributed by atoms with E-state index in [0.29, 0.717) is 13.2 Å². The molecule has 0 radical (unpaired) electrons. The zero-order valence-electron chi connectivity index (χ0n) is 19.6. The summed E-state index contributed by atoms with van der Waals surface area (Å²) in [6.45, 7) is 3.96. The topological polar surface area (TPSA) is 93.5 Å². The van der Waals surface area contributed by atoms with Gasteiger partial charge in [-0.15, -0.1) is 5.10 Å². The van der Waals surface area contributed by atoms with E-state index in [4.69, 9.17) is 9.47 Å². The smallest absolute Gasteiger partial charge is 0.242 e. The lowest BCUT2D eigenvalue weighted by Crippen LogP contribution is -2.45. The van der Waals surface area contributed by atoms with Crippen LogP contribution in [0.3, 0.4) is 0 Å². The normalized spacial score (nSPS) is 20.1. The Morgan fingerprint density at radius 2 is 2.17 bits per heavy atom. The molecule has 1 aromatic heterocycles. The van der Waals surface area contributed by atoms with Crippen LogP contribution < -0.4 is 20.1 Å². The number of piperazine rings is 1. The van der Waals surface area contributed by atoms with Crippen molar-refractivity contribution < 1.29 is 14.3 Å². The van der Waals surface area contributed by atoms with Gasteiger partial charge in [0, 0.05) is 48.2 Å². The van der Waals surface area contributed by atoms with E-state index in [2.05, 4.69) is 47.8 Å². The van der Waals surface area contributed by atoms with Crippen molar-refractivity contribution in [1.29, 1.82) is 0 Å². The standard InChI is InChI=1S/C25H29BrN6O3/c1-34-23-5-3-2-4-19(23)22-13-27-9-10-31(22)14-18-15-32(30-29-18)16-25(33)28-21-8-11-35-24-7-6-17(26)12-20(21)24/h2-7,12,15,21-22,27H,8-11,13-14,16H2,1H3,(H,28,33). The van der Waals surface area contributed by atoms with E-state index >= 15 is 0 Å². The van der Waals surface area contributed by atoms with Gasteiger partial charge in [-0.2, -0.15) is 0 Å². The Bertz CT molecular complexity index is 1190. The van der Waals surface area contributed by atoms with Gasteiger partial charge in [0.15, 0.2) is 0 Å². The number of nitrogens with zero attached hydrogens (tertiary/aromatic N) is 4. The summed E-state index contributed by atoms with van der Waals surface area (Å²) < 4.78 is 13.9. The number of methoxy groups -OCH3 is 1. The summed E-state index contributed by atoms with van der Waals surface area (Å²) in [6, 6.07) is 14.1. The van der Waals surface area contributed by atoms with Gasteiger partial charge < -0.3 is 20.1 Å². The number of benzene rings is 2. The molecule has 0 bridgehead atoms. The molecule has 0 spiro atoms. The molecular weight excluding hydrogens is 512 g/mol. The van der Waals surface area contributed by atoms with Crippen LogP contribution in [0.5, 0.6) is 11.5 Å². The number of hydrogen-bond acceptors (Lipinski definition) is 7. The largest absolute Gasteiger partial charge is 0.496 e. The van der Waals surface area contributed by atoms with Crippen LogP contribution in [-0.4, -0.2) is 59.2 Å². The Kier molecular flexibility index (Phi) is 7.31.